The molecule has 0 unspecified atom stereocenters. The molecule has 0 aliphatic rings. The first-order chi connectivity index (χ1) is 12.0. The fourth-order valence-corrected chi connectivity index (χ4v) is 2.92. The number of anilines is 2. The van der Waals surface area contributed by atoms with E-state index in [0.29, 0.717) is 16.3 Å². The monoisotopic (exact) mass is 352 g/mol. The number of rotatable bonds is 4. The summed E-state index contributed by atoms with van der Waals surface area (Å²) in [5.41, 5.74) is 2.17. The molecule has 0 spiro atoms. The molecule has 0 radical (unpaired) electrons. The van der Waals surface area contributed by atoms with Gasteiger partial charge in [-0.1, -0.05) is 23.8 Å². The zero-order chi connectivity index (χ0) is 17.8. The van der Waals surface area contributed by atoms with Gasteiger partial charge in [-0.3, -0.25) is 9.59 Å². The van der Waals surface area contributed by atoms with E-state index in [4.69, 9.17) is 0 Å². The average Bonchev–Trinajstić information content (AvgIpc) is 3.12. The number of carbonyl (C=O) groups excluding carboxylic acids is 2. The van der Waals surface area contributed by atoms with Crippen molar-refractivity contribution in [3.05, 3.63) is 76.0 Å². The molecule has 2 amide bonds. The Morgan fingerprint density at radius 3 is 2.32 bits per heavy atom. The molecule has 0 atom stereocenters. The summed E-state index contributed by atoms with van der Waals surface area (Å²) in [5, 5.41) is 17.2. The van der Waals surface area contributed by atoms with Crippen LogP contribution in [0.5, 0.6) is 5.75 Å². The van der Waals surface area contributed by atoms with E-state index in [1.807, 2.05) is 18.4 Å². The van der Waals surface area contributed by atoms with Gasteiger partial charge in [0.15, 0.2) is 0 Å². The van der Waals surface area contributed by atoms with Gasteiger partial charge >= 0.3 is 0 Å². The maximum absolute atomic E-state index is 12.4. The molecule has 25 heavy (non-hydrogen) atoms. The molecule has 0 bridgehead atoms. The van der Waals surface area contributed by atoms with E-state index >= 15 is 0 Å². The van der Waals surface area contributed by atoms with Gasteiger partial charge in [0.2, 0.25) is 0 Å². The summed E-state index contributed by atoms with van der Waals surface area (Å²) in [4.78, 5) is 25.1. The molecular weight excluding hydrogens is 336 g/mol. The number of hydrogen-bond acceptors (Lipinski definition) is 4. The Bertz CT molecular complexity index is 920. The molecule has 0 aliphatic carbocycles. The van der Waals surface area contributed by atoms with Crippen LogP contribution in [0.1, 0.15) is 25.6 Å². The number of aryl methyl sites for hydroxylation is 1. The van der Waals surface area contributed by atoms with Gasteiger partial charge < -0.3 is 15.7 Å². The van der Waals surface area contributed by atoms with Crippen molar-refractivity contribution >= 4 is 34.5 Å². The molecule has 1 heterocycles. The number of amides is 2. The van der Waals surface area contributed by atoms with Gasteiger partial charge in [0.1, 0.15) is 5.75 Å². The lowest BCUT2D eigenvalue weighted by Crippen LogP contribution is -2.13. The van der Waals surface area contributed by atoms with Crippen molar-refractivity contribution < 1.29 is 14.7 Å². The number of phenolic OH excluding ortho intramolecular Hbond substituents is 1. The van der Waals surface area contributed by atoms with Crippen molar-refractivity contribution in [2.24, 2.45) is 0 Å². The number of nitrogens with one attached hydrogen (secondary N) is 2. The summed E-state index contributed by atoms with van der Waals surface area (Å²) in [6.45, 7) is 1.84. The Morgan fingerprint density at radius 2 is 1.64 bits per heavy atom. The van der Waals surface area contributed by atoms with E-state index in [9.17, 15) is 14.7 Å². The summed E-state index contributed by atoms with van der Waals surface area (Å²) in [6, 6.07) is 15.2. The maximum Gasteiger partial charge on any atom is 0.265 e. The standard InChI is InChI=1S/C19H16N2O3S/c1-12-7-8-16(22)15(10-12)18(23)20-13-4-2-5-14(11-13)21-19(24)17-6-3-9-25-17/h2-11,22H,1H3,(H,20,23)(H,21,24). The zero-order valence-corrected chi connectivity index (χ0v) is 14.3. The molecule has 0 aliphatic heterocycles. The van der Waals surface area contributed by atoms with E-state index < -0.39 is 5.91 Å². The van der Waals surface area contributed by atoms with Crippen molar-refractivity contribution in [2.75, 3.05) is 10.6 Å². The van der Waals surface area contributed by atoms with Crippen molar-refractivity contribution in [2.45, 2.75) is 6.92 Å². The molecule has 2 aromatic carbocycles. The fraction of sp³-hybridized carbons (Fsp3) is 0.0526. The van der Waals surface area contributed by atoms with Crippen LogP contribution < -0.4 is 10.6 Å². The second-order valence-corrected chi connectivity index (χ2v) is 6.43. The summed E-state index contributed by atoms with van der Waals surface area (Å²) < 4.78 is 0. The van der Waals surface area contributed by atoms with Crippen molar-refractivity contribution in [3.8, 4) is 5.75 Å². The molecule has 5 nitrogen and oxygen atoms in total. The number of aromatic hydroxyl groups is 1. The minimum absolute atomic E-state index is 0.0785. The van der Waals surface area contributed by atoms with E-state index in [-0.39, 0.29) is 17.2 Å². The Balaban J connectivity index is 1.74. The summed E-state index contributed by atoms with van der Waals surface area (Å²) >= 11 is 1.36. The number of phenols is 1. The quantitative estimate of drug-likeness (QED) is 0.656. The smallest absolute Gasteiger partial charge is 0.265 e. The Hall–Kier alpha value is -3.12. The highest BCUT2D eigenvalue weighted by molar-refractivity contribution is 7.12. The predicted octanol–water partition coefficient (Wildman–Crippen LogP) is 4.27. The lowest BCUT2D eigenvalue weighted by molar-refractivity contribution is 0.101. The summed E-state index contributed by atoms with van der Waals surface area (Å²) in [6.07, 6.45) is 0. The number of thiophene rings is 1. The molecule has 6 heteroatoms. The Labute approximate surface area is 148 Å². The average molecular weight is 352 g/mol. The Morgan fingerprint density at radius 1 is 0.920 bits per heavy atom. The second kappa shape index (κ2) is 7.19. The van der Waals surface area contributed by atoms with Gasteiger partial charge in [-0.25, -0.2) is 0 Å². The minimum atomic E-state index is -0.414. The van der Waals surface area contributed by atoms with E-state index in [1.54, 1.807) is 42.5 Å². The van der Waals surface area contributed by atoms with Crippen molar-refractivity contribution in [3.63, 3.8) is 0 Å². The third-order valence-electron chi connectivity index (χ3n) is 3.52. The third kappa shape index (κ3) is 4.05. The first kappa shape index (κ1) is 16.7. The lowest BCUT2D eigenvalue weighted by atomic mass is 10.1. The molecule has 1 aromatic heterocycles. The number of benzene rings is 2. The van der Waals surface area contributed by atoms with Gasteiger partial charge in [-0.2, -0.15) is 0 Å². The molecule has 3 N–H and O–H groups in total. The maximum atomic E-state index is 12.4. The topological polar surface area (TPSA) is 78.4 Å². The highest BCUT2D eigenvalue weighted by Gasteiger charge is 2.12. The van der Waals surface area contributed by atoms with Gasteiger partial charge in [0, 0.05) is 11.4 Å². The minimum Gasteiger partial charge on any atom is -0.507 e. The van der Waals surface area contributed by atoms with Gasteiger partial charge in [-0.15, -0.1) is 11.3 Å². The van der Waals surface area contributed by atoms with Crippen molar-refractivity contribution in [1.82, 2.24) is 0 Å². The van der Waals surface area contributed by atoms with Crippen molar-refractivity contribution in [1.29, 1.82) is 0 Å². The highest BCUT2D eigenvalue weighted by atomic mass is 32.1. The molecule has 3 aromatic rings. The van der Waals surface area contributed by atoms with Crippen LogP contribution >= 0.6 is 11.3 Å². The highest BCUT2D eigenvalue weighted by Crippen LogP contribution is 2.22. The molecule has 0 saturated heterocycles. The van der Waals surface area contributed by atoms with Gasteiger partial charge in [0.25, 0.3) is 11.8 Å². The van der Waals surface area contributed by atoms with Crippen LogP contribution in [0.25, 0.3) is 0 Å². The Kier molecular flexibility index (Phi) is 4.81. The van der Waals surface area contributed by atoms with Gasteiger partial charge in [-0.05, 0) is 48.7 Å². The van der Waals surface area contributed by atoms with Crippen LogP contribution in [0, 0.1) is 6.92 Å². The third-order valence-corrected chi connectivity index (χ3v) is 4.39. The number of hydrogen-bond donors (Lipinski definition) is 3. The summed E-state index contributed by atoms with van der Waals surface area (Å²) in [5.74, 6) is -0.692. The van der Waals surface area contributed by atoms with Crippen LogP contribution in [0.15, 0.2) is 60.0 Å². The van der Waals surface area contributed by atoms with E-state index in [2.05, 4.69) is 10.6 Å². The molecule has 0 saturated carbocycles. The SMILES string of the molecule is Cc1ccc(O)c(C(=O)Nc2cccc(NC(=O)c3cccs3)c2)c1. The van der Waals surface area contributed by atoms with Gasteiger partial charge in [0.05, 0.1) is 10.4 Å². The predicted molar refractivity (Wildman–Crippen MR) is 99.5 cm³/mol. The van der Waals surface area contributed by atoms with Crippen LogP contribution in [0.4, 0.5) is 11.4 Å². The first-order valence-corrected chi connectivity index (χ1v) is 8.47. The fourth-order valence-electron chi connectivity index (χ4n) is 2.31. The zero-order valence-electron chi connectivity index (χ0n) is 13.4. The molecule has 3 rings (SSSR count). The molecule has 0 fully saturated rings. The normalized spacial score (nSPS) is 10.3. The van der Waals surface area contributed by atoms with Crippen LogP contribution in [0.2, 0.25) is 0 Å². The number of carbonyl (C=O) groups is 2. The van der Waals surface area contributed by atoms with Crippen LogP contribution in [-0.4, -0.2) is 16.9 Å². The van der Waals surface area contributed by atoms with E-state index in [0.717, 1.165) is 5.56 Å². The summed E-state index contributed by atoms with van der Waals surface area (Å²) in [7, 11) is 0. The van der Waals surface area contributed by atoms with E-state index in [1.165, 1.54) is 17.4 Å². The first-order valence-electron chi connectivity index (χ1n) is 7.59. The molecule has 126 valence electrons. The van der Waals surface area contributed by atoms with Crippen LogP contribution in [-0.2, 0) is 0 Å². The lowest BCUT2D eigenvalue weighted by Gasteiger charge is -2.10. The second-order valence-electron chi connectivity index (χ2n) is 5.49. The largest absolute Gasteiger partial charge is 0.507 e. The molecular formula is C19H16N2O3S. The van der Waals surface area contributed by atoms with Crippen LogP contribution in [0.3, 0.4) is 0 Å².